The third kappa shape index (κ3) is 3.99. The summed E-state index contributed by atoms with van der Waals surface area (Å²) in [5, 5.41) is 2.86. The minimum Gasteiger partial charge on any atom is -0.444 e. The second-order valence-electron chi connectivity index (χ2n) is 6.59. The molecule has 0 bridgehead atoms. The van der Waals surface area contributed by atoms with E-state index in [4.69, 9.17) is 15.4 Å². The summed E-state index contributed by atoms with van der Waals surface area (Å²) in [6.45, 7) is 6.35. The third-order valence-corrected chi connectivity index (χ3v) is 5.25. The number of halogens is 1. The zero-order valence-corrected chi connectivity index (χ0v) is 13.5. The van der Waals surface area contributed by atoms with Crippen molar-refractivity contribution in [3.8, 4) is 0 Å². The topological polar surface area (TPSA) is 75.7 Å². The molecule has 1 amide bonds. The van der Waals surface area contributed by atoms with Crippen LogP contribution in [0.1, 0.15) is 33.6 Å². The van der Waals surface area contributed by atoms with Gasteiger partial charge in [-0.3, -0.25) is 0 Å². The van der Waals surface area contributed by atoms with Gasteiger partial charge in [-0.15, -0.1) is 0 Å². The van der Waals surface area contributed by atoms with E-state index in [2.05, 4.69) is 5.32 Å². The van der Waals surface area contributed by atoms with Gasteiger partial charge < -0.3 is 10.1 Å². The molecule has 0 aromatic rings. The summed E-state index contributed by atoms with van der Waals surface area (Å²) < 4.78 is 29.1. The molecular weight excluding hydrogens is 304 g/mol. The van der Waals surface area contributed by atoms with E-state index >= 15 is 0 Å². The van der Waals surface area contributed by atoms with Gasteiger partial charge in [0.25, 0.3) is 9.24 Å². The van der Waals surface area contributed by atoms with Crippen molar-refractivity contribution in [1.29, 1.82) is 0 Å². The van der Waals surface area contributed by atoms with Crippen LogP contribution in [0.15, 0.2) is 0 Å². The number of fused-ring (bicyclic) bond motifs is 1. The Hall–Kier alpha value is -0.530. The molecule has 0 aromatic carbocycles. The van der Waals surface area contributed by atoms with Gasteiger partial charge in [-0.05, 0) is 45.4 Å². The molecule has 2 fully saturated rings. The fourth-order valence-corrected chi connectivity index (χ4v) is 4.10. The molecule has 0 spiro atoms. The minimum absolute atomic E-state index is 0.0556. The molecule has 2 rings (SSSR count). The van der Waals surface area contributed by atoms with E-state index in [1.54, 1.807) is 0 Å². The van der Waals surface area contributed by atoms with E-state index in [0.717, 1.165) is 12.8 Å². The summed E-state index contributed by atoms with van der Waals surface area (Å²) in [5.74, 6) is 0.534. The Morgan fingerprint density at radius 3 is 2.15 bits per heavy atom. The highest BCUT2D eigenvalue weighted by Gasteiger charge is 2.44. The number of carbonyl (C=O) groups is 1. The molecule has 1 saturated heterocycles. The van der Waals surface area contributed by atoms with Gasteiger partial charge >= 0.3 is 6.09 Å². The number of alkyl carbamates (subject to hydrolysis) is 1. The molecule has 1 aliphatic heterocycles. The zero-order chi connectivity index (χ0) is 15.1. The van der Waals surface area contributed by atoms with Crippen LogP contribution in [0.2, 0.25) is 0 Å². The smallest absolute Gasteiger partial charge is 0.407 e. The number of hydrogen-bond acceptors (Lipinski definition) is 4. The van der Waals surface area contributed by atoms with Gasteiger partial charge in [0.1, 0.15) is 5.60 Å². The average Bonchev–Trinajstić information content (AvgIpc) is 2.69. The summed E-state index contributed by atoms with van der Waals surface area (Å²) in [4.78, 5) is 11.7. The van der Waals surface area contributed by atoms with Crippen LogP contribution in [-0.4, -0.2) is 43.5 Å². The van der Waals surface area contributed by atoms with E-state index in [-0.39, 0.29) is 17.9 Å². The zero-order valence-electron chi connectivity index (χ0n) is 11.9. The number of carbonyl (C=O) groups excluding carboxylic acids is 1. The van der Waals surface area contributed by atoms with E-state index in [1.807, 2.05) is 20.8 Å². The van der Waals surface area contributed by atoms with Crippen molar-refractivity contribution < 1.29 is 17.9 Å². The number of hydrogen-bond donors (Lipinski definition) is 1. The average molecular weight is 325 g/mol. The Morgan fingerprint density at radius 1 is 1.25 bits per heavy atom. The van der Waals surface area contributed by atoms with Crippen molar-refractivity contribution in [2.45, 2.75) is 45.3 Å². The van der Waals surface area contributed by atoms with Crippen molar-refractivity contribution >= 4 is 26.0 Å². The highest BCUT2D eigenvalue weighted by atomic mass is 35.7. The van der Waals surface area contributed by atoms with Crippen molar-refractivity contribution in [2.75, 3.05) is 13.1 Å². The van der Waals surface area contributed by atoms with Gasteiger partial charge in [-0.1, -0.05) is 0 Å². The lowest BCUT2D eigenvalue weighted by molar-refractivity contribution is 0.0503. The quantitative estimate of drug-likeness (QED) is 0.784. The third-order valence-electron chi connectivity index (χ3n) is 3.75. The first-order valence-corrected chi connectivity index (χ1v) is 9.00. The van der Waals surface area contributed by atoms with Gasteiger partial charge in [-0.2, -0.15) is 12.7 Å². The molecular formula is C12H21ClN2O4S. The largest absolute Gasteiger partial charge is 0.444 e. The number of nitrogens with one attached hydrogen (secondary N) is 1. The van der Waals surface area contributed by atoms with Gasteiger partial charge in [0.2, 0.25) is 0 Å². The lowest BCUT2D eigenvalue weighted by Gasteiger charge is -2.22. The Labute approximate surface area is 124 Å². The standard InChI is InChI=1S/C12H21ClN2O4S/c1-12(2,3)19-11(16)14-10-4-8-6-15(20(13,17)18)7-9(8)5-10/h8-10H,4-7H2,1-3H3,(H,14,16). The second kappa shape index (κ2) is 5.35. The van der Waals surface area contributed by atoms with Gasteiger partial charge in [0.15, 0.2) is 0 Å². The first kappa shape index (κ1) is 15.9. The summed E-state index contributed by atoms with van der Waals surface area (Å²) in [6.07, 6.45) is 1.13. The van der Waals surface area contributed by atoms with Crippen LogP contribution < -0.4 is 5.32 Å². The van der Waals surface area contributed by atoms with Crippen LogP contribution in [-0.2, 0) is 14.0 Å². The highest BCUT2D eigenvalue weighted by molar-refractivity contribution is 8.11. The summed E-state index contributed by atoms with van der Waals surface area (Å²) in [7, 11) is 1.74. The Balaban J connectivity index is 1.83. The number of nitrogens with zero attached hydrogens (tertiary/aromatic N) is 1. The van der Waals surface area contributed by atoms with Crippen molar-refractivity contribution in [3.05, 3.63) is 0 Å². The van der Waals surface area contributed by atoms with Crippen LogP contribution in [0.25, 0.3) is 0 Å². The van der Waals surface area contributed by atoms with E-state index < -0.39 is 20.9 Å². The molecule has 2 aliphatic rings. The molecule has 0 radical (unpaired) electrons. The van der Waals surface area contributed by atoms with E-state index in [9.17, 15) is 13.2 Å². The molecule has 1 heterocycles. The van der Waals surface area contributed by atoms with E-state index in [0.29, 0.717) is 13.1 Å². The fraction of sp³-hybridized carbons (Fsp3) is 0.917. The van der Waals surface area contributed by atoms with Crippen molar-refractivity contribution in [1.82, 2.24) is 9.62 Å². The lowest BCUT2D eigenvalue weighted by Crippen LogP contribution is -2.39. The fourth-order valence-electron chi connectivity index (χ4n) is 3.03. The van der Waals surface area contributed by atoms with Gasteiger partial charge in [-0.25, -0.2) is 4.79 Å². The van der Waals surface area contributed by atoms with Crippen LogP contribution in [0.5, 0.6) is 0 Å². The molecule has 6 nitrogen and oxygen atoms in total. The highest BCUT2D eigenvalue weighted by Crippen LogP contribution is 2.39. The molecule has 116 valence electrons. The predicted molar refractivity (Wildman–Crippen MR) is 75.7 cm³/mol. The first-order chi connectivity index (χ1) is 9.04. The lowest BCUT2D eigenvalue weighted by atomic mass is 10.0. The maximum atomic E-state index is 11.7. The molecule has 0 aromatic heterocycles. The van der Waals surface area contributed by atoms with Crippen LogP contribution in [0.4, 0.5) is 4.79 Å². The van der Waals surface area contributed by atoms with Crippen LogP contribution in [0, 0.1) is 11.8 Å². The SMILES string of the molecule is CC(C)(C)OC(=O)NC1CC2CN(S(=O)(=O)Cl)CC2C1. The molecule has 2 atom stereocenters. The number of rotatable bonds is 2. The maximum absolute atomic E-state index is 11.7. The molecule has 1 aliphatic carbocycles. The number of ether oxygens (including phenoxy) is 1. The predicted octanol–water partition coefficient (Wildman–Crippen LogP) is 1.71. The van der Waals surface area contributed by atoms with E-state index in [1.165, 1.54) is 4.31 Å². The Bertz CT molecular complexity index is 474. The number of amides is 1. The molecule has 8 heteroatoms. The van der Waals surface area contributed by atoms with Crippen LogP contribution in [0.3, 0.4) is 0 Å². The molecule has 2 unspecified atom stereocenters. The Kier molecular flexibility index (Phi) is 4.24. The van der Waals surface area contributed by atoms with Crippen LogP contribution >= 0.6 is 10.7 Å². The normalized spacial score (nSPS) is 31.1. The second-order valence-corrected chi connectivity index (χ2v) is 9.10. The molecule has 20 heavy (non-hydrogen) atoms. The monoisotopic (exact) mass is 324 g/mol. The minimum atomic E-state index is -3.62. The summed E-state index contributed by atoms with van der Waals surface area (Å²) >= 11 is 0. The summed E-state index contributed by atoms with van der Waals surface area (Å²) in [5.41, 5.74) is -0.512. The van der Waals surface area contributed by atoms with Crippen molar-refractivity contribution in [2.24, 2.45) is 11.8 Å². The first-order valence-electron chi connectivity index (χ1n) is 6.74. The van der Waals surface area contributed by atoms with Gasteiger partial charge in [0.05, 0.1) is 0 Å². The maximum Gasteiger partial charge on any atom is 0.407 e. The Morgan fingerprint density at radius 2 is 1.75 bits per heavy atom. The summed E-state index contributed by atoms with van der Waals surface area (Å²) in [6, 6.07) is 0.0556. The molecule has 1 N–H and O–H groups in total. The van der Waals surface area contributed by atoms with Gasteiger partial charge in [0, 0.05) is 29.8 Å². The van der Waals surface area contributed by atoms with Crippen molar-refractivity contribution in [3.63, 3.8) is 0 Å². The molecule has 1 saturated carbocycles.